The average Bonchev–Trinajstić information content (AvgIpc) is 3.00. The van der Waals surface area contributed by atoms with E-state index in [0.29, 0.717) is 40.2 Å². The van der Waals surface area contributed by atoms with E-state index in [0.717, 1.165) is 16.5 Å². The second-order valence-electron chi connectivity index (χ2n) is 7.69. The first-order valence-electron chi connectivity index (χ1n) is 10.1. The van der Waals surface area contributed by atoms with Crippen LogP contribution in [0.5, 0.6) is 0 Å². The number of aromatic nitrogens is 3. The number of hydrogen-bond acceptors (Lipinski definition) is 5. The summed E-state index contributed by atoms with van der Waals surface area (Å²) in [5.74, 6) is 0.417. The van der Waals surface area contributed by atoms with E-state index >= 15 is 0 Å². The summed E-state index contributed by atoms with van der Waals surface area (Å²) in [6.45, 7) is 4.78. The van der Waals surface area contributed by atoms with Gasteiger partial charge in [0.25, 0.3) is 5.91 Å². The first kappa shape index (κ1) is 21.0. The smallest absolute Gasteiger partial charge is 0.257 e. The maximum atomic E-state index is 13.0. The van der Waals surface area contributed by atoms with Gasteiger partial charge in [-0.25, -0.2) is 9.97 Å². The lowest BCUT2D eigenvalue weighted by Crippen LogP contribution is -2.26. The maximum absolute atomic E-state index is 13.0. The second-order valence-corrected chi connectivity index (χ2v) is 8.61. The number of para-hydroxylation sites is 2. The number of nitrogens with two attached hydrogens (primary N) is 1. The number of carbonyl (C=O) groups is 1. The molecule has 0 atom stereocenters. The Hall–Kier alpha value is -3.26. The number of nitrogens with one attached hydrogen (secondary N) is 1. The Morgan fingerprint density at radius 1 is 1.19 bits per heavy atom. The SMILES string of the molecule is CC(C)CCNC(=O)c1c(N)n(/N=C\c2cccc(Br)c2)c2nc3ccccc3nc12. The quantitative estimate of drug-likeness (QED) is 0.396. The summed E-state index contributed by atoms with van der Waals surface area (Å²) >= 11 is 3.46. The highest BCUT2D eigenvalue weighted by atomic mass is 79.9. The van der Waals surface area contributed by atoms with E-state index in [1.54, 1.807) is 6.21 Å². The van der Waals surface area contributed by atoms with Crippen LogP contribution in [0.1, 0.15) is 36.2 Å². The topological polar surface area (TPSA) is 98.2 Å². The summed E-state index contributed by atoms with van der Waals surface area (Å²) in [5, 5.41) is 7.47. The molecule has 1 amide bonds. The van der Waals surface area contributed by atoms with E-state index in [9.17, 15) is 4.79 Å². The van der Waals surface area contributed by atoms with Crippen LogP contribution in [-0.2, 0) is 0 Å². The summed E-state index contributed by atoms with van der Waals surface area (Å²) in [6.07, 6.45) is 2.55. The third-order valence-corrected chi connectivity index (χ3v) is 5.37. The van der Waals surface area contributed by atoms with Crippen molar-refractivity contribution in [3.05, 3.63) is 64.1 Å². The number of benzene rings is 2. The third kappa shape index (κ3) is 4.44. The molecule has 2 aromatic heterocycles. The monoisotopic (exact) mass is 478 g/mol. The van der Waals surface area contributed by atoms with E-state index in [4.69, 9.17) is 10.7 Å². The largest absolute Gasteiger partial charge is 0.383 e. The molecule has 0 fully saturated rings. The molecule has 0 aliphatic heterocycles. The van der Waals surface area contributed by atoms with Gasteiger partial charge in [0.2, 0.25) is 0 Å². The minimum atomic E-state index is -0.274. The Kier molecular flexibility index (Phi) is 5.99. The van der Waals surface area contributed by atoms with Gasteiger partial charge in [-0.3, -0.25) is 4.79 Å². The number of anilines is 1. The van der Waals surface area contributed by atoms with Gasteiger partial charge in [-0.2, -0.15) is 9.78 Å². The molecule has 4 rings (SSSR count). The van der Waals surface area contributed by atoms with Crippen LogP contribution in [-0.4, -0.2) is 33.3 Å². The van der Waals surface area contributed by atoms with Gasteiger partial charge in [0.05, 0.1) is 17.2 Å². The predicted molar refractivity (Wildman–Crippen MR) is 128 cm³/mol. The van der Waals surface area contributed by atoms with E-state index in [2.05, 4.69) is 45.2 Å². The Morgan fingerprint density at radius 2 is 1.94 bits per heavy atom. The van der Waals surface area contributed by atoms with Crippen molar-refractivity contribution in [3.8, 4) is 0 Å². The number of hydrogen-bond donors (Lipinski definition) is 2. The zero-order valence-electron chi connectivity index (χ0n) is 17.3. The number of nitrogen functional groups attached to an aromatic ring is 1. The van der Waals surface area contributed by atoms with Crippen LogP contribution in [0.15, 0.2) is 58.1 Å². The molecular formula is C23H23BrN6O. The number of carbonyl (C=O) groups excluding carboxylic acids is 1. The highest BCUT2D eigenvalue weighted by molar-refractivity contribution is 9.10. The van der Waals surface area contributed by atoms with Crippen molar-refractivity contribution in [1.29, 1.82) is 0 Å². The molecule has 0 saturated heterocycles. The van der Waals surface area contributed by atoms with Gasteiger partial charge in [-0.05, 0) is 42.2 Å². The molecule has 0 bridgehead atoms. The van der Waals surface area contributed by atoms with Crippen LogP contribution >= 0.6 is 15.9 Å². The molecule has 0 saturated carbocycles. The van der Waals surface area contributed by atoms with E-state index in [1.807, 2.05) is 48.5 Å². The van der Waals surface area contributed by atoms with Gasteiger partial charge in [0.1, 0.15) is 16.9 Å². The summed E-state index contributed by atoms with van der Waals surface area (Å²) in [4.78, 5) is 22.4. The number of fused-ring (bicyclic) bond motifs is 2. The van der Waals surface area contributed by atoms with Crippen molar-refractivity contribution in [3.63, 3.8) is 0 Å². The van der Waals surface area contributed by atoms with E-state index < -0.39 is 0 Å². The van der Waals surface area contributed by atoms with Gasteiger partial charge >= 0.3 is 0 Å². The summed E-state index contributed by atoms with van der Waals surface area (Å²) in [6, 6.07) is 15.2. The lowest BCUT2D eigenvalue weighted by Gasteiger charge is -2.07. The number of amides is 1. The fourth-order valence-corrected chi connectivity index (χ4v) is 3.68. The van der Waals surface area contributed by atoms with Crippen molar-refractivity contribution >= 4 is 56.1 Å². The normalized spacial score (nSPS) is 11.7. The van der Waals surface area contributed by atoms with Crippen LogP contribution in [0.4, 0.5) is 5.82 Å². The molecule has 158 valence electrons. The van der Waals surface area contributed by atoms with Crippen molar-refractivity contribution in [2.24, 2.45) is 11.0 Å². The zero-order chi connectivity index (χ0) is 22.0. The Labute approximate surface area is 188 Å². The van der Waals surface area contributed by atoms with Crippen LogP contribution in [0.25, 0.3) is 22.2 Å². The van der Waals surface area contributed by atoms with Gasteiger partial charge in [0.15, 0.2) is 5.65 Å². The minimum Gasteiger partial charge on any atom is -0.383 e. The van der Waals surface area contributed by atoms with Gasteiger partial charge in [-0.1, -0.05) is 54.0 Å². The predicted octanol–water partition coefficient (Wildman–Crippen LogP) is 4.59. The minimum absolute atomic E-state index is 0.207. The highest BCUT2D eigenvalue weighted by Crippen LogP contribution is 2.28. The molecule has 2 aromatic carbocycles. The number of rotatable bonds is 6. The summed E-state index contributed by atoms with van der Waals surface area (Å²) in [7, 11) is 0. The molecule has 0 radical (unpaired) electrons. The lowest BCUT2D eigenvalue weighted by atomic mass is 10.1. The maximum Gasteiger partial charge on any atom is 0.257 e. The van der Waals surface area contributed by atoms with Crippen molar-refractivity contribution in [1.82, 2.24) is 20.0 Å². The Morgan fingerprint density at radius 3 is 2.65 bits per heavy atom. The zero-order valence-corrected chi connectivity index (χ0v) is 18.9. The molecular weight excluding hydrogens is 456 g/mol. The van der Waals surface area contributed by atoms with E-state index in [1.165, 1.54) is 4.68 Å². The molecule has 4 aromatic rings. The molecule has 0 spiro atoms. The van der Waals surface area contributed by atoms with Gasteiger partial charge < -0.3 is 11.1 Å². The second kappa shape index (κ2) is 8.85. The van der Waals surface area contributed by atoms with Gasteiger partial charge in [0, 0.05) is 11.0 Å². The molecule has 3 N–H and O–H groups in total. The number of nitrogens with zero attached hydrogens (tertiary/aromatic N) is 4. The fraction of sp³-hybridized carbons (Fsp3) is 0.217. The lowest BCUT2D eigenvalue weighted by molar-refractivity contribution is 0.0954. The van der Waals surface area contributed by atoms with Crippen LogP contribution < -0.4 is 11.1 Å². The molecule has 2 heterocycles. The van der Waals surface area contributed by atoms with E-state index in [-0.39, 0.29) is 11.7 Å². The van der Waals surface area contributed by atoms with Gasteiger partial charge in [-0.15, -0.1) is 0 Å². The molecule has 8 heteroatoms. The molecule has 31 heavy (non-hydrogen) atoms. The van der Waals surface area contributed by atoms with Crippen LogP contribution in [0.2, 0.25) is 0 Å². The highest BCUT2D eigenvalue weighted by Gasteiger charge is 2.23. The third-order valence-electron chi connectivity index (χ3n) is 4.88. The van der Waals surface area contributed by atoms with Crippen molar-refractivity contribution in [2.45, 2.75) is 20.3 Å². The first-order valence-corrected chi connectivity index (χ1v) is 10.9. The Balaban J connectivity index is 1.83. The molecule has 7 nitrogen and oxygen atoms in total. The number of halogens is 1. The fourth-order valence-electron chi connectivity index (χ4n) is 3.26. The first-order chi connectivity index (χ1) is 14.9. The van der Waals surface area contributed by atoms with Crippen LogP contribution in [0, 0.1) is 5.92 Å². The molecule has 0 aliphatic rings. The summed E-state index contributed by atoms with van der Waals surface area (Å²) < 4.78 is 2.42. The van der Waals surface area contributed by atoms with Crippen molar-refractivity contribution in [2.75, 3.05) is 12.3 Å². The van der Waals surface area contributed by atoms with Crippen LogP contribution in [0.3, 0.4) is 0 Å². The standard InChI is InChI=1S/C23H23BrN6O/c1-14(2)10-11-26-23(31)19-20-22(29-18-9-4-3-8-17(18)28-20)30(21(19)25)27-13-15-6-5-7-16(24)12-15/h3-9,12-14H,10-11,25H2,1-2H3,(H,26,31)/b27-13-. The van der Waals surface area contributed by atoms with Crippen molar-refractivity contribution < 1.29 is 4.79 Å². The molecule has 0 aliphatic carbocycles. The molecule has 0 unspecified atom stereocenters. The summed E-state index contributed by atoms with van der Waals surface area (Å²) in [5.41, 5.74) is 9.86. The Bertz CT molecular complexity index is 1290. The average molecular weight is 479 g/mol.